The Bertz CT molecular complexity index is 1340. The minimum absolute atomic E-state index is 0.0501. The highest BCUT2D eigenvalue weighted by Gasteiger charge is 2.38. The summed E-state index contributed by atoms with van der Waals surface area (Å²) in [4.78, 5) is 70.7. The fourth-order valence-corrected chi connectivity index (χ4v) is 5.19. The van der Waals surface area contributed by atoms with E-state index in [1.807, 2.05) is 119 Å². The van der Waals surface area contributed by atoms with Gasteiger partial charge in [-0.2, -0.15) is 0 Å². The summed E-state index contributed by atoms with van der Waals surface area (Å²) in [6.07, 6.45) is 0. The standard InChI is InChI=1S/C34H63N3O5.C21H44O4/c1-30(2,3)25(38)20-35(16-18-36(21-26(39)31(4,5)6)22-27(40)32(7,8)9)17-19-37(23-28(41)33(10,11)12)24-29(42)34(13,14)15;1-17(2,3)22-13-21(14-23-18(4,5)6,15-24-19(7,8)9)16-25-20(10,11)12/h16-24H2,1-15H3;13-16H2,1-12H3. The normalized spacial score (nSPS) is 14.1. The van der Waals surface area contributed by atoms with Crippen LogP contribution in [0.15, 0.2) is 0 Å². The number of hydrogen-bond donors (Lipinski definition) is 0. The van der Waals surface area contributed by atoms with Crippen LogP contribution < -0.4 is 0 Å². The van der Waals surface area contributed by atoms with Crippen LogP contribution in [0.3, 0.4) is 0 Å². The molecule has 0 radical (unpaired) electrons. The molecule has 0 heterocycles. The fourth-order valence-electron chi connectivity index (χ4n) is 5.19. The summed E-state index contributed by atoms with van der Waals surface area (Å²) >= 11 is 0. The summed E-state index contributed by atoms with van der Waals surface area (Å²) in [6.45, 7) is 57.7. The zero-order valence-corrected chi connectivity index (χ0v) is 48.7. The highest BCUT2D eigenvalue weighted by molar-refractivity contribution is 5.89. The lowest BCUT2D eigenvalue weighted by atomic mass is 9.89. The Kier molecular flexibility index (Phi) is 26.0. The minimum Gasteiger partial charge on any atom is -0.375 e. The first-order chi connectivity index (χ1) is 29.4. The van der Waals surface area contributed by atoms with Gasteiger partial charge in [-0.05, 0) is 83.1 Å². The zero-order chi connectivity index (χ0) is 53.6. The van der Waals surface area contributed by atoms with Crippen LogP contribution in [0.1, 0.15) is 187 Å². The Morgan fingerprint density at radius 2 is 0.418 bits per heavy atom. The van der Waals surface area contributed by atoms with Gasteiger partial charge in [0.25, 0.3) is 0 Å². The van der Waals surface area contributed by atoms with Crippen molar-refractivity contribution in [1.82, 2.24) is 14.7 Å². The Morgan fingerprint density at radius 3 is 0.567 bits per heavy atom. The highest BCUT2D eigenvalue weighted by Crippen LogP contribution is 2.29. The average molecular weight is 954 g/mol. The maximum Gasteiger partial charge on any atom is 0.152 e. The molecule has 0 aliphatic rings. The molecule has 396 valence electrons. The van der Waals surface area contributed by atoms with Gasteiger partial charge in [0, 0.05) is 53.3 Å². The summed E-state index contributed by atoms with van der Waals surface area (Å²) in [6, 6.07) is 0. The van der Waals surface area contributed by atoms with Crippen LogP contribution in [0.5, 0.6) is 0 Å². The molecule has 0 bridgehead atoms. The van der Waals surface area contributed by atoms with Crippen LogP contribution >= 0.6 is 0 Å². The van der Waals surface area contributed by atoms with Crippen molar-refractivity contribution in [1.29, 1.82) is 0 Å². The molecule has 0 rings (SSSR count). The lowest BCUT2D eigenvalue weighted by molar-refractivity contribution is -0.181. The van der Waals surface area contributed by atoms with E-state index in [1.54, 1.807) is 0 Å². The molecule has 0 fully saturated rings. The predicted molar refractivity (Wildman–Crippen MR) is 277 cm³/mol. The first-order valence-electron chi connectivity index (χ1n) is 24.8. The number of ketones is 5. The third-order valence-corrected chi connectivity index (χ3v) is 10.7. The average Bonchev–Trinajstić information content (AvgIpc) is 3.08. The van der Waals surface area contributed by atoms with Crippen molar-refractivity contribution in [2.45, 2.75) is 209 Å². The first kappa shape index (κ1) is 67.1. The third kappa shape index (κ3) is 33.3. The van der Waals surface area contributed by atoms with Gasteiger partial charge in [-0.1, -0.05) is 104 Å². The molecule has 0 aliphatic carbocycles. The highest BCUT2D eigenvalue weighted by atomic mass is 16.5. The molecule has 0 aliphatic heterocycles. The number of hydrogen-bond acceptors (Lipinski definition) is 12. The van der Waals surface area contributed by atoms with Crippen molar-refractivity contribution in [2.24, 2.45) is 32.5 Å². The molecule has 67 heavy (non-hydrogen) atoms. The van der Waals surface area contributed by atoms with Gasteiger partial charge in [0.2, 0.25) is 0 Å². The maximum atomic E-state index is 13.1. The molecule has 0 aromatic heterocycles. The lowest BCUT2D eigenvalue weighted by Gasteiger charge is -2.40. The number of carbonyl (C=O) groups excluding carboxylic acids is 5. The molecular formula is C55H107N3O9. The van der Waals surface area contributed by atoms with E-state index in [-0.39, 0.29) is 89.5 Å². The van der Waals surface area contributed by atoms with Crippen molar-refractivity contribution in [3.8, 4) is 0 Å². The topological polar surface area (TPSA) is 132 Å². The van der Waals surface area contributed by atoms with E-state index in [1.165, 1.54) is 0 Å². The quantitative estimate of drug-likeness (QED) is 0.0912. The predicted octanol–water partition coefficient (Wildman–Crippen LogP) is 10.2. The largest absolute Gasteiger partial charge is 0.375 e. The SMILES string of the molecule is CC(C)(C)C(=O)CN(CCN(CC(=O)C(C)(C)C)CC(=O)C(C)(C)C)CCN(CC(=O)C(C)(C)C)CC(=O)C(C)(C)C.CC(C)(C)OCC(COC(C)(C)C)(COC(C)(C)C)COC(C)(C)C. The van der Waals surface area contributed by atoms with Gasteiger partial charge in [0.05, 0.1) is 87.0 Å². The summed E-state index contributed by atoms with van der Waals surface area (Å²) in [5.41, 5.74) is -3.95. The van der Waals surface area contributed by atoms with Crippen molar-refractivity contribution >= 4 is 28.9 Å². The van der Waals surface area contributed by atoms with Gasteiger partial charge in [0.15, 0.2) is 28.9 Å². The third-order valence-electron chi connectivity index (χ3n) is 10.7. The Labute approximate surface area is 412 Å². The molecule has 12 heteroatoms. The summed E-state index contributed by atoms with van der Waals surface area (Å²) in [7, 11) is 0. The van der Waals surface area contributed by atoms with Gasteiger partial charge >= 0.3 is 0 Å². The summed E-state index contributed by atoms with van der Waals surface area (Å²) in [5, 5.41) is 0. The number of Topliss-reactive ketones (excluding diaryl/α,β-unsaturated/α-hetero) is 5. The monoisotopic (exact) mass is 954 g/mol. The van der Waals surface area contributed by atoms with Crippen molar-refractivity contribution < 1.29 is 42.9 Å². The van der Waals surface area contributed by atoms with Crippen LogP contribution in [0, 0.1) is 32.5 Å². The zero-order valence-electron chi connectivity index (χ0n) is 48.7. The van der Waals surface area contributed by atoms with Crippen LogP contribution in [0.2, 0.25) is 0 Å². The molecule has 0 spiro atoms. The molecule has 0 aromatic carbocycles. The van der Waals surface area contributed by atoms with Crippen molar-refractivity contribution in [3.05, 3.63) is 0 Å². The van der Waals surface area contributed by atoms with Gasteiger partial charge < -0.3 is 18.9 Å². The molecule has 12 nitrogen and oxygen atoms in total. The van der Waals surface area contributed by atoms with Gasteiger partial charge in [0.1, 0.15) is 0 Å². The molecule has 0 saturated carbocycles. The van der Waals surface area contributed by atoms with Crippen molar-refractivity contribution in [3.63, 3.8) is 0 Å². The van der Waals surface area contributed by atoms with Crippen LogP contribution in [0.4, 0.5) is 0 Å². The Balaban J connectivity index is 0. The molecule has 0 aromatic rings. The Morgan fingerprint density at radius 1 is 0.269 bits per heavy atom. The van der Waals surface area contributed by atoms with Gasteiger partial charge in [-0.15, -0.1) is 0 Å². The van der Waals surface area contributed by atoms with Crippen molar-refractivity contribution in [2.75, 3.05) is 85.3 Å². The van der Waals surface area contributed by atoms with E-state index >= 15 is 0 Å². The van der Waals surface area contributed by atoms with Gasteiger partial charge in [-0.25, -0.2) is 0 Å². The number of nitrogens with zero attached hydrogens (tertiary/aromatic N) is 3. The van der Waals surface area contributed by atoms with E-state index in [0.29, 0.717) is 52.6 Å². The molecule has 0 unspecified atom stereocenters. The second-order valence-corrected chi connectivity index (χ2v) is 28.2. The molecule has 0 amide bonds. The fraction of sp³-hybridized carbons (Fsp3) is 0.909. The molecule has 0 N–H and O–H groups in total. The maximum absolute atomic E-state index is 13.1. The molecule has 0 saturated heterocycles. The first-order valence-corrected chi connectivity index (χ1v) is 24.8. The smallest absolute Gasteiger partial charge is 0.152 e. The Hall–Kier alpha value is -1.93. The summed E-state index contributed by atoms with van der Waals surface area (Å²) < 4.78 is 24.6. The second-order valence-electron chi connectivity index (χ2n) is 28.2. The molecule has 0 atom stereocenters. The van der Waals surface area contributed by atoms with E-state index < -0.39 is 27.1 Å². The van der Waals surface area contributed by atoms with E-state index in [2.05, 4.69) is 83.1 Å². The summed E-state index contributed by atoms with van der Waals surface area (Å²) in [5.74, 6) is 0.278. The van der Waals surface area contributed by atoms with Crippen LogP contribution in [0.25, 0.3) is 0 Å². The van der Waals surface area contributed by atoms with Gasteiger partial charge in [-0.3, -0.25) is 38.7 Å². The van der Waals surface area contributed by atoms with Crippen LogP contribution in [-0.2, 0) is 42.9 Å². The molecular weight excluding hydrogens is 847 g/mol. The minimum atomic E-state index is -0.537. The number of carbonyl (C=O) groups is 5. The van der Waals surface area contributed by atoms with Crippen LogP contribution in [-0.4, -0.2) is 151 Å². The number of ether oxygens (including phenoxy) is 4. The van der Waals surface area contributed by atoms with E-state index in [0.717, 1.165) is 0 Å². The number of rotatable bonds is 24. The second kappa shape index (κ2) is 26.0. The van der Waals surface area contributed by atoms with E-state index in [9.17, 15) is 24.0 Å². The lowest BCUT2D eigenvalue weighted by Crippen LogP contribution is -2.48. The van der Waals surface area contributed by atoms with E-state index in [4.69, 9.17) is 18.9 Å².